The maximum absolute atomic E-state index is 14.0. The number of carbonyl (C=O) groups excluding carboxylic acids is 1. The summed E-state index contributed by atoms with van der Waals surface area (Å²) in [5.41, 5.74) is 0.0228. The minimum absolute atomic E-state index is 0.0228. The van der Waals surface area contributed by atoms with Crippen LogP contribution in [0.15, 0.2) is 18.2 Å². The number of ether oxygens (including phenoxy) is 2. The van der Waals surface area contributed by atoms with Gasteiger partial charge in [0.05, 0.1) is 19.3 Å². The van der Waals surface area contributed by atoms with Gasteiger partial charge in [0.2, 0.25) is 0 Å². The SMILES string of the molecule is COc1cccc(C(=O)C2CN(C)CCO2)c1F. The minimum atomic E-state index is -0.623. The fraction of sp³-hybridized carbons (Fsp3) is 0.462. The van der Waals surface area contributed by atoms with Crippen molar-refractivity contribution in [2.24, 2.45) is 0 Å². The molecule has 1 fully saturated rings. The van der Waals surface area contributed by atoms with Crippen LogP contribution in [0.25, 0.3) is 0 Å². The van der Waals surface area contributed by atoms with Crippen LogP contribution in [0.2, 0.25) is 0 Å². The Morgan fingerprint density at radius 2 is 2.33 bits per heavy atom. The van der Waals surface area contributed by atoms with Gasteiger partial charge in [0.25, 0.3) is 0 Å². The molecule has 0 saturated carbocycles. The Kier molecular flexibility index (Phi) is 3.93. The summed E-state index contributed by atoms with van der Waals surface area (Å²) in [4.78, 5) is 14.2. The summed E-state index contributed by atoms with van der Waals surface area (Å²) in [6.07, 6.45) is -0.606. The van der Waals surface area contributed by atoms with E-state index in [0.29, 0.717) is 13.2 Å². The number of carbonyl (C=O) groups is 1. The second kappa shape index (κ2) is 5.46. The standard InChI is InChI=1S/C13H16FNO3/c1-15-6-7-18-11(8-15)13(16)9-4-3-5-10(17-2)12(9)14/h3-5,11H,6-8H2,1-2H3. The van der Waals surface area contributed by atoms with Crippen molar-refractivity contribution in [2.75, 3.05) is 33.9 Å². The zero-order chi connectivity index (χ0) is 13.1. The van der Waals surface area contributed by atoms with Crippen LogP contribution in [0, 0.1) is 5.82 Å². The minimum Gasteiger partial charge on any atom is -0.494 e. The predicted molar refractivity (Wildman–Crippen MR) is 64.5 cm³/mol. The third-order valence-electron chi connectivity index (χ3n) is 3.01. The van der Waals surface area contributed by atoms with E-state index in [9.17, 15) is 9.18 Å². The summed E-state index contributed by atoms with van der Waals surface area (Å²) in [6.45, 7) is 1.75. The molecule has 2 rings (SSSR count). The Morgan fingerprint density at radius 3 is 3.00 bits per heavy atom. The largest absolute Gasteiger partial charge is 0.494 e. The Hall–Kier alpha value is -1.46. The van der Waals surface area contributed by atoms with Gasteiger partial charge in [0, 0.05) is 13.1 Å². The van der Waals surface area contributed by atoms with Gasteiger partial charge in [-0.15, -0.1) is 0 Å². The van der Waals surface area contributed by atoms with Gasteiger partial charge in [-0.3, -0.25) is 4.79 Å². The average molecular weight is 253 g/mol. The van der Waals surface area contributed by atoms with E-state index < -0.39 is 11.9 Å². The number of rotatable bonds is 3. The smallest absolute Gasteiger partial charge is 0.195 e. The van der Waals surface area contributed by atoms with Crippen molar-refractivity contribution in [1.82, 2.24) is 4.90 Å². The number of Topliss-reactive ketones (excluding diaryl/α,β-unsaturated/α-hetero) is 1. The van der Waals surface area contributed by atoms with Crippen LogP contribution < -0.4 is 4.74 Å². The van der Waals surface area contributed by atoms with Gasteiger partial charge in [0.1, 0.15) is 6.10 Å². The van der Waals surface area contributed by atoms with Crippen molar-refractivity contribution < 1.29 is 18.7 Å². The van der Waals surface area contributed by atoms with E-state index in [2.05, 4.69) is 0 Å². The normalized spacial score (nSPS) is 20.7. The van der Waals surface area contributed by atoms with Gasteiger partial charge in [-0.1, -0.05) is 6.07 Å². The van der Waals surface area contributed by atoms with Crippen molar-refractivity contribution in [3.05, 3.63) is 29.6 Å². The van der Waals surface area contributed by atoms with E-state index in [1.165, 1.54) is 19.2 Å². The van der Waals surface area contributed by atoms with Crippen LogP contribution in [-0.4, -0.2) is 50.6 Å². The molecule has 1 aromatic carbocycles. The number of likely N-dealkylation sites (N-methyl/N-ethyl adjacent to an activating group) is 1. The molecule has 1 saturated heterocycles. The molecule has 18 heavy (non-hydrogen) atoms. The van der Waals surface area contributed by atoms with E-state index in [1.54, 1.807) is 6.07 Å². The highest BCUT2D eigenvalue weighted by atomic mass is 19.1. The number of ketones is 1. The highest BCUT2D eigenvalue weighted by Gasteiger charge is 2.28. The highest BCUT2D eigenvalue weighted by molar-refractivity contribution is 6.00. The van der Waals surface area contributed by atoms with E-state index in [1.807, 2.05) is 11.9 Å². The molecule has 1 aliphatic heterocycles. The molecule has 0 aliphatic carbocycles. The first-order valence-corrected chi connectivity index (χ1v) is 5.80. The van der Waals surface area contributed by atoms with Crippen LogP contribution in [0.4, 0.5) is 4.39 Å². The molecule has 0 radical (unpaired) electrons. The molecule has 0 bridgehead atoms. The summed E-state index contributed by atoms with van der Waals surface area (Å²) in [5.74, 6) is -0.884. The zero-order valence-electron chi connectivity index (χ0n) is 10.5. The molecule has 0 amide bonds. The summed E-state index contributed by atoms with van der Waals surface area (Å²) >= 11 is 0. The first kappa shape index (κ1) is 13.0. The molecule has 1 atom stereocenters. The highest BCUT2D eigenvalue weighted by Crippen LogP contribution is 2.22. The number of hydrogen-bond donors (Lipinski definition) is 0. The maximum Gasteiger partial charge on any atom is 0.195 e. The number of hydrogen-bond acceptors (Lipinski definition) is 4. The number of benzene rings is 1. The number of halogens is 1. The quantitative estimate of drug-likeness (QED) is 0.762. The van der Waals surface area contributed by atoms with Crippen LogP contribution in [-0.2, 0) is 4.74 Å². The topological polar surface area (TPSA) is 38.8 Å². The molecule has 4 nitrogen and oxygen atoms in total. The van der Waals surface area contributed by atoms with Gasteiger partial charge in [0.15, 0.2) is 17.3 Å². The van der Waals surface area contributed by atoms with Crippen LogP contribution in [0.5, 0.6) is 5.75 Å². The summed E-state index contributed by atoms with van der Waals surface area (Å²) < 4.78 is 24.2. The third kappa shape index (κ3) is 2.52. The molecule has 0 aromatic heterocycles. The maximum atomic E-state index is 14.0. The molecule has 0 spiro atoms. The van der Waals surface area contributed by atoms with Crippen molar-refractivity contribution in [2.45, 2.75) is 6.10 Å². The average Bonchev–Trinajstić information content (AvgIpc) is 2.38. The van der Waals surface area contributed by atoms with E-state index in [-0.39, 0.29) is 17.1 Å². The molecule has 5 heteroatoms. The lowest BCUT2D eigenvalue weighted by atomic mass is 10.0. The fourth-order valence-electron chi connectivity index (χ4n) is 1.97. The predicted octanol–water partition coefficient (Wildman–Crippen LogP) is 1.35. The van der Waals surface area contributed by atoms with Crippen molar-refractivity contribution >= 4 is 5.78 Å². The van der Waals surface area contributed by atoms with Gasteiger partial charge in [-0.05, 0) is 19.2 Å². The van der Waals surface area contributed by atoms with Crippen LogP contribution in [0.1, 0.15) is 10.4 Å². The first-order chi connectivity index (χ1) is 8.63. The fourth-order valence-corrected chi connectivity index (χ4v) is 1.97. The van der Waals surface area contributed by atoms with Crippen molar-refractivity contribution in [3.8, 4) is 5.75 Å². The number of methoxy groups -OCH3 is 1. The van der Waals surface area contributed by atoms with Gasteiger partial charge in [-0.25, -0.2) is 4.39 Å². The van der Waals surface area contributed by atoms with Gasteiger partial charge >= 0.3 is 0 Å². The molecular formula is C13H16FNO3. The van der Waals surface area contributed by atoms with E-state index in [0.717, 1.165) is 6.54 Å². The Balaban J connectivity index is 2.23. The Labute approximate surface area is 105 Å². The summed E-state index contributed by atoms with van der Waals surface area (Å²) in [5, 5.41) is 0. The van der Waals surface area contributed by atoms with Crippen molar-refractivity contribution in [3.63, 3.8) is 0 Å². The van der Waals surface area contributed by atoms with Crippen LogP contribution >= 0.6 is 0 Å². The molecule has 98 valence electrons. The Morgan fingerprint density at radius 1 is 1.56 bits per heavy atom. The lowest BCUT2D eigenvalue weighted by Gasteiger charge is -2.29. The Bertz CT molecular complexity index is 450. The lowest BCUT2D eigenvalue weighted by molar-refractivity contribution is -0.00885. The molecular weight excluding hydrogens is 237 g/mol. The van der Waals surface area contributed by atoms with Gasteiger partial charge in [-0.2, -0.15) is 0 Å². The first-order valence-electron chi connectivity index (χ1n) is 5.80. The molecule has 1 heterocycles. The lowest BCUT2D eigenvalue weighted by Crippen LogP contribution is -2.44. The second-order valence-electron chi connectivity index (χ2n) is 4.31. The molecule has 0 N–H and O–H groups in total. The molecule has 1 aliphatic rings. The molecule has 1 aromatic rings. The van der Waals surface area contributed by atoms with E-state index >= 15 is 0 Å². The molecule has 1 unspecified atom stereocenters. The van der Waals surface area contributed by atoms with E-state index in [4.69, 9.17) is 9.47 Å². The summed E-state index contributed by atoms with van der Waals surface area (Å²) in [6, 6.07) is 4.54. The number of morpholine rings is 1. The summed E-state index contributed by atoms with van der Waals surface area (Å²) in [7, 11) is 3.28. The van der Waals surface area contributed by atoms with Gasteiger partial charge < -0.3 is 14.4 Å². The number of nitrogens with zero attached hydrogens (tertiary/aromatic N) is 1. The monoisotopic (exact) mass is 253 g/mol. The zero-order valence-corrected chi connectivity index (χ0v) is 10.5. The second-order valence-corrected chi connectivity index (χ2v) is 4.31. The third-order valence-corrected chi connectivity index (χ3v) is 3.01. The van der Waals surface area contributed by atoms with Crippen LogP contribution in [0.3, 0.4) is 0 Å². The van der Waals surface area contributed by atoms with Crippen molar-refractivity contribution in [1.29, 1.82) is 0 Å².